The summed E-state index contributed by atoms with van der Waals surface area (Å²) in [5.41, 5.74) is 2.87. The summed E-state index contributed by atoms with van der Waals surface area (Å²) in [6.45, 7) is 21.1. The molecule has 5 heteroatoms. The minimum absolute atomic E-state index is 0.0462. The molecule has 4 aliphatic carbocycles. The summed E-state index contributed by atoms with van der Waals surface area (Å²) in [6.07, 6.45) is 6.67. The first kappa shape index (κ1) is 29.1. The van der Waals surface area contributed by atoms with Gasteiger partial charge in [-0.2, -0.15) is 0 Å². The molecule has 0 amide bonds. The zero-order chi connectivity index (χ0) is 28.4. The second kappa shape index (κ2) is 9.63. The first-order valence-corrected chi connectivity index (χ1v) is 14.9. The van der Waals surface area contributed by atoms with Crippen LogP contribution in [0.5, 0.6) is 0 Å². The van der Waals surface area contributed by atoms with Gasteiger partial charge >= 0.3 is 11.9 Å². The van der Waals surface area contributed by atoms with Crippen molar-refractivity contribution in [3.05, 3.63) is 23.3 Å². The second-order valence-corrected chi connectivity index (χ2v) is 14.5. The van der Waals surface area contributed by atoms with Crippen molar-refractivity contribution in [3.63, 3.8) is 0 Å². The Kier molecular flexibility index (Phi) is 7.37. The quantitative estimate of drug-likeness (QED) is 0.274. The summed E-state index contributed by atoms with van der Waals surface area (Å²) in [5, 5.41) is 10.5. The van der Waals surface area contributed by atoms with Crippen LogP contribution < -0.4 is 0 Å². The zero-order valence-corrected chi connectivity index (χ0v) is 25.0. The van der Waals surface area contributed by atoms with E-state index in [1.165, 1.54) is 18.1 Å². The van der Waals surface area contributed by atoms with Crippen molar-refractivity contribution >= 4 is 17.7 Å². The molecular formula is C33H50O5. The lowest BCUT2D eigenvalue weighted by Gasteiger charge is -2.61. The van der Waals surface area contributed by atoms with Gasteiger partial charge < -0.3 is 9.84 Å². The van der Waals surface area contributed by atoms with Crippen LogP contribution in [0.15, 0.2) is 23.3 Å². The Labute approximate surface area is 229 Å². The molecule has 4 rings (SSSR count). The average Bonchev–Trinajstić information content (AvgIpc) is 3.03. The number of Topliss-reactive ketones (excluding diaryl/α,β-unsaturated/α-hetero) is 1. The maximum Gasteiger partial charge on any atom is 0.306 e. The summed E-state index contributed by atoms with van der Waals surface area (Å²) < 4.78 is 6.11. The lowest BCUT2D eigenvalue weighted by Crippen LogP contribution is -2.55. The van der Waals surface area contributed by atoms with Crippen LogP contribution >= 0.6 is 0 Å². The highest BCUT2D eigenvalue weighted by Crippen LogP contribution is 2.72. The molecule has 0 heterocycles. The van der Waals surface area contributed by atoms with E-state index in [1.54, 1.807) is 0 Å². The number of esters is 1. The Balaban J connectivity index is 1.80. The number of aliphatic carboxylic acids is 1. The smallest absolute Gasteiger partial charge is 0.306 e. The van der Waals surface area contributed by atoms with Crippen LogP contribution in [-0.2, 0) is 19.1 Å². The van der Waals surface area contributed by atoms with Crippen molar-refractivity contribution < 1.29 is 24.2 Å². The molecule has 1 N–H and O–H groups in total. The maximum absolute atomic E-state index is 12.9. The fourth-order valence-corrected chi connectivity index (χ4v) is 9.64. The molecule has 0 spiro atoms. The second-order valence-electron chi connectivity index (χ2n) is 14.5. The van der Waals surface area contributed by atoms with E-state index in [0.29, 0.717) is 43.3 Å². The highest BCUT2D eigenvalue weighted by molar-refractivity contribution is 5.85. The summed E-state index contributed by atoms with van der Waals surface area (Å²) >= 11 is 0. The molecule has 0 aromatic heterocycles. The van der Waals surface area contributed by atoms with Gasteiger partial charge in [0.05, 0.1) is 5.92 Å². The van der Waals surface area contributed by atoms with Crippen molar-refractivity contribution in [2.75, 3.05) is 0 Å². The van der Waals surface area contributed by atoms with E-state index in [4.69, 9.17) is 4.74 Å². The maximum atomic E-state index is 12.9. The molecule has 0 aromatic carbocycles. The molecule has 0 unspecified atom stereocenters. The van der Waals surface area contributed by atoms with Crippen molar-refractivity contribution in [2.24, 2.45) is 45.3 Å². The molecule has 0 aliphatic heterocycles. The minimum Gasteiger partial charge on any atom is -0.481 e. The van der Waals surface area contributed by atoms with Crippen LogP contribution in [-0.4, -0.2) is 28.9 Å². The highest BCUT2D eigenvalue weighted by Gasteiger charge is 2.68. The molecule has 212 valence electrons. The van der Waals surface area contributed by atoms with Gasteiger partial charge in [-0.05, 0) is 80.0 Å². The number of carbonyl (C=O) groups is 3. The minimum atomic E-state index is -0.749. The lowest BCUT2D eigenvalue weighted by atomic mass is 9.43. The Morgan fingerprint density at radius 2 is 1.71 bits per heavy atom. The van der Waals surface area contributed by atoms with Crippen molar-refractivity contribution in [2.45, 2.75) is 119 Å². The van der Waals surface area contributed by atoms with Crippen molar-refractivity contribution in [1.29, 1.82) is 0 Å². The Hall–Kier alpha value is -1.91. The van der Waals surface area contributed by atoms with Gasteiger partial charge in [0.1, 0.15) is 11.9 Å². The van der Waals surface area contributed by atoms with Crippen LogP contribution in [0.25, 0.3) is 0 Å². The van der Waals surface area contributed by atoms with Gasteiger partial charge in [-0.3, -0.25) is 14.4 Å². The molecular weight excluding hydrogens is 476 g/mol. The zero-order valence-electron chi connectivity index (χ0n) is 25.0. The fourth-order valence-electron chi connectivity index (χ4n) is 9.64. The number of hydrogen-bond acceptors (Lipinski definition) is 4. The number of ether oxygens (including phenoxy) is 1. The third-order valence-electron chi connectivity index (χ3n) is 12.3. The van der Waals surface area contributed by atoms with Gasteiger partial charge in [-0.25, -0.2) is 0 Å². The monoisotopic (exact) mass is 526 g/mol. The van der Waals surface area contributed by atoms with Crippen LogP contribution in [0.4, 0.5) is 0 Å². The fraction of sp³-hybridized carbons (Fsp3) is 0.788. The van der Waals surface area contributed by atoms with E-state index in [0.717, 1.165) is 37.7 Å². The number of fused-ring (bicyclic) bond motifs is 4. The van der Waals surface area contributed by atoms with E-state index >= 15 is 0 Å². The first-order chi connectivity index (χ1) is 17.5. The molecule has 2 saturated carbocycles. The lowest BCUT2D eigenvalue weighted by molar-refractivity contribution is -0.154. The van der Waals surface area contributed by atoms with E-state index in [-0.39, 0.29) is 34.2 Å². The molecule has 0 saturated heterocycles. The topological polar surface area (TPSA) is 80.7 Å². The highest BCUT2D eigenvalue weighted by atomic mass is 16.5. The van der Waals surface area contributed by atoms with Crippen LogP contribution in [0.1, 0.15) is 113 Å². The number of carboxylic acid groups (broad SMARTS) is 1. The summed E-state index contributed by atoms with van der Waals surface area (Å²) in [5.74, 6) is -0.623. The molecule has 2 fully saturated rings. The first-order valence-electron chi connectivity index (χ1n) is 14.9. The van der Waals surface area contributed by atoms with Crippen LogP contribution in [0.2, 0.25) is 0 Å². The normalized spacial score (nSPS) is 38.8. The summed E-state index contributed by atoms with van der Waals surface area (Å²) in [7, 11) is 0. The predicted octanol–water partition coefficient (Wildman–Crippen LogP) is 7.54. The molecule has 5 nitrogen and oxygen atoms in total. The van der Waals surface area contributed by atoms with Gasteiger partial charge in [-0.1, -0.05) is 71.8 Å². The summed E-state index contributed by atoms with van der Waals surface area (Å²) in [4.78, 5) is 38.1. The molecule has 0 aromatic rings. The van der Waals surface area contributed by atoms with E-state index in [9.17, 15) is 19.5 Å². The third-order valence-corrected chi connectivity index (χ3v) is 12.3. The number of ketones is 1. The van der Waals surface area contributed by atoms with E-state index in [2.05, 4.69) is 55.0 Å². The standard InChI is InChI=1S/C33H50O5/c1-19(2)20(3)10-11-22(29(36)37)25-18-28(38-21(4)34)33(9)24-12-13-26-30(5,6)27(35)15-16-31(26,7)23(24)14-17-32(25,33)8/h19,22,25-26,28H,3,10-18H2,1-2,4-9H3,(H,36,37)/t22-,25-,26+,28+,31-,32-,33-/m1/s1. The summed E-state index contributed by atoms with van der Waals surface area (Å²) in [6, 6.07) is 0. The van der Waals surface area contributed by atoms with E-state index in [1.807, 2.05) is 0 Å². The third kappa shape index (κ3) is 4.13. The Morgan fingerprint density at radius 3 is 2.29 bits per heavy atom. The molecule has 7 atom stereocenters. The molecule has 0 radical (unpaired) electrons. The number of rotatable bonds is 7. The van der Waals surface area contributed by atoms with Gasteiger partial charge in [0.25, 0.3) is 0 Å². The number of carboxylic acids is 1. The number of allylic oxidation sites excluding steroid dienone is 2. The molecule has 38 heavy (non-hydrogen) atoms. The number of carbonyl (C=O) groups excluding carboxylic acids is 2. The largest absolute Gasteiger partial charge is 0.481 e. The molecule has 0 bridgehead atoms. The average molecular weight is 527 g/mol. The molecule has 4 aliphatic rings. The van der Waals surface area contributed by atoms with Crippen molar-refractivity contribution in [3.8, 4) is 0 Å². The van der Waals surface area contributed by atoms with Crippen LogP contribution in [0.3, 0.4) is 0 Å². The Morgan fingerprint density at radius 1 is 1.05 bits per heavy atom. The van der Waals surface area contributed by atoms with Gasteiger partial charge in [0.15, 0.2) is 0 Å². The SMILES string of the molecule is C=C(CC[C@@H](C(=O)O)[C@H]1C[C@H](OC(C)=O)[C@@]2(C)C3=C(CC[C@]12C)[C@@]1(C)CCC(=O)C(C)(C)[C@@H]1CC3)C(C)C. The number of hydrogen-bond donors (Lipinski definition) is 1. The van der Waals surface area contributed by atoms with Crippen molar-refractivity contribution in [1.82, 2.24) is 0 Å². The van der Waals surface area contributed by atoms with Gasteiger partial charge in [-0.15, -0.1) is 0 Å². The van der Waals surface area contributed by atoms with Crippen LogP contribution in [0, 0.1) is 45.3 Å². The van der Waals surface area contributed by atoms with Gasteiger partial charge in [0, 0.05) is 24.2 Å². The Bertz CT molecular complexity index is 1070. The van der Waals surface area contributed by atoms with Gasteiger partial charge in [0.2, 0.25) is 0 Å². The predicted molar refractivity (Wildman–Crippen MR) is 149 cm³/mol. The van der Waals surface area contributed by atoms with E-state index < -0.39 is 17.3 Å².